The van der Waals surface area contributed by atoms with E-state index in [4.69, 9.17) is 0 Å². The number of carbonyl (C=O) groups is 1. The van der Waals surface area contributed by atoms with Crippen molar-refractivity contribution in [1.29, 1.82) is 0 Å². The molecule has 21 heavy (non-hydrogen) atoms. The molecule has 0 aromatic heterocycles. The van der Waals surface area contributed by atoms with Crippen LogP contribution in [-0.2, 0) is 0 Å². The predicted molar refractivity (Wildman–Crippen MR) is 68.8 cm³/mol. The molecular formula is C13H14F2N2O4. The number of hydrogen-bond acceptors (Lipinski definition) is 4. The molecule has 0 aliphatic heterocycles. The van der Waals surface area contributed by atoms with Gasteiger partial charge in [0.1, 0.15) is 5.56 Å². The van der Waals surface area contributed by atoms with Gasteiger partial charge in [-0.3, -0.25) is 14.9 Å². The van der Waals surface area contributed by atoms with Crippen LogP contribution in [0.2, 0.25) is 0 Å². The molecule has 1 aliphatic rings. The summed E-state index contributed by atoms with van der Waals surface area (Å²) in [5.41, 5.74) is -2.22. The van der Waals surface area contributed by atoms with Crippen LogP contribution in [0.15, 0.2) is 12.1 Å². The van der Waals surface area contributed by atoms with Crippen molar-refractivity contribution in [2.75, 3.05) is 6.61 Å². The van der Waals surface area contributed by atoms with E-state index in [0.29, 0.717) is 25.0 Å². The number of rotatable bonds is 4. The van der Waals surface area contributed by atoms with Gasteiger partial charge >= 0.3 is 0 Å². The lowest BCUT2D eigenvalue weighted by atomic mass is 9.98. The molecule has 1 amide bonds. The summed E-state index contributed by atoms with van der Waals surface area (Å²) in [7, 11) is 0. The Labute approximate surface area is 118 Å². The summed E-state index contributed by atoms with van der Waals surface area (Å²) < 4.78 is 26.3. The number of nitro benzene ring substituents is 1. The minimum Gasteiger partial charge on any atom is -0.394 e. The number of hydrogen-bond donors (Lipinski definition) is 2. The van der Waals surface area contributed by atoms with E-state index in [9.17, 15) is 28.8 Å². The van der Waals surface area contributed by atoms with Crippen molar-refractivity contribution in [2.45, 2.75) is 31.2 Å². The first kappa shape index (κ1) is 15.3. The Bertz CT molecular complexity index is 586. The SMILES string of the molecule is O=C(NC1(CO)CCCC1)c1cc(F)c(F)cc1[N+](=O)[O-]. The number of nitrogens with zero attached hydrogens (tertiary/aromatic N) is 1. The topological polar surface area (TPSA) is 92.5 Å². The van der Waals surface area contributed by atoms with Gasteiger partial charge in [0.05, 0.1) is 23.1 Å². The number of benzene rings is 1. The maximum atomic E-state index is 13.2. The van der Waals surface area contributed by atoms with E-state index in [1.165, 1.54) is 0 Å². The second kappa shape index (κ2) is 5.72. The first-order chi connectivity index (χ1) is 9.88. The molecule has 8 heteroatoms. The Hall–Kier alpha value is -2.09. The molecule has 2 rings (SSSR count). The minimum atomic E-state index is -1.39. The summed E-state index contributed by atoms with van der Waals surface area (Å²) in [6.07, 6.45) is 2.68. The van der Waals surface area contributed by atoms with Crippen molar-refractivity contribution in [3.63, 3.8) is 0 Å². The third-order valence-electron chi connectivity index (χ3n) is 3.72. The van der Waals surface area contributed by atoms with E-state index in [0.717, 1.165) is 12.8 Å². The summed E-state index contributed by atoms with van der Waals surface area (Å²) in [6.45, 7) is -0.309. The number of nitro groups is 1. The molecule has 0 saturated heterocycles. The largest absolute Gasteiger partial charge is 0.394 e. The molecule has 0 atom stereocenters. The van der Waals surface area contributed by atoms with Gasteiger partial charge in [0.2, 0.25) is 0 Å². The number of amides is 1. The molecule has 1 aromatic carbocycles. The zero-order valence-electron chi connectivity index (χ0n) is 11.1. The number of nitrogens with one attached hydrogen (secondary N) is 1. The number of aliphatic hydroxyl groups is 1. The fraction of sp³-hybridized carbons (Fsp3) is 0.462. The average molecular weight is 300 g/mol. The van der Waals surface area contributed by atoms with Crippen molar-refractivity contribution in [3.05, 3.63) is 39.4 Å². The monoisotopic (exact) mass is 300 g/mol. The summed E-state index contributed by atoms with van der Waals surface area (Å²) in [5.74, 6) is -3.62. The Morgan fingerprint density at radius 3 is 2.43 bits per heavy atom. The fourth-order valence-electron chi connectivity index (χ4n) is 2.55. The number of halogens is 2. The fourth-order valence-corrected chi connectivity index (χ4v) is 2.55. The van der Waals surface area contributed by atoms with Crippen LogP contribution in [0.3, 0.4) is 0 Å². The predicted octanol–water partition coefficient (Wildman–Crippen LogP) is 1.91. The van der Waals surface area contributed by atoms with Crippen molar-refractivity contribution in [3.8, 4) is 0 Å². The Kier molecular flexibility index (Phi) is 4.17. The third kappa shape index (κ3) is 2.99. The van der Waals surface area contributed by atoms with Crippen molar-refractivity contribution < 1.29 is 23.6 Å². The highest BCUT2D eigenvalue weighted by atomic mass is 19.2. The summed E-state index contributed by atoms with van der Waals surface area (Å²) >= 11 is 0. The van der Waals surface area contributed by atoms with E-state index in [1.807, 2.05) is 0 Å². The zero-order chi connectivity index (χ0) is 15.6. The lowest BCUT2D eigenvalue weighted by molar-refractivity contribution is -0.385. The second-order valence-corrected chi connectivity index (χ2v) is 5.14. The molecule has 114 valence electrons. The summed E-state index contributed by atoms with van der Waals surface area (Å²) in [5, 5.41) is 22.8. The molecule has 2 N–H and O–H groups in total. The Balaban J connectivity index is 2.34. The first-order valence-corrected chi connectivity index (χ1v) is 6.45. The Morgan fingerprint density at radius 2 is 1.90 bits per heavy atom. The summed E-state index contributed by atoms with van der Waals surface area (Å²) in [6, 6.07) is 0.882. The molecule has 0 unspecified atom stereocenters. The molecular weight excluding hydrogens is 286 g/mol. The van der Waals surface area contributed by atoms with Crippen LogP contribution >= 0.6 is 0 Å². The lowest BCUT2D eigenvalue weighted by Crippen LogP contribution is -2.49. The molecule has 6 nitrogen and oxygen atoms in total. The standard InChI is InChI=1S/C13H14F2N2O4/c14-9-5-8(11(17(20)21)6-10(9)15)12(19)16-13(7-18)3-1-2-4-13/h5-6,18H,1-4,7H2,(H,16,19). The Morgan fingerprint density at radius 1 is 1.33 bits per heavy atom. The number of aliphatic hydroxyl groups excluding tert-OH is 1. The van der Waals surface area contributed by atoms with Gasteiger partial charge in [-0.15, -0.1) is 0 Å². The first-order valence-electron chi connectivity index (χ1n) is 6.45. The number of carbonyl (C=O) groups excluding carboxylic acids is 1. The van der Waals surface area contributed by atoms with E-state index < -0.39 is 39.3 Å². The van der Waals surface area contributed by atoms with Crippen LogP contribution in [-0.4, -0.2) is 28.1 Å². The second-order valence-electron chi connectivity index (χ2n) is 5.14. The van der Waals surface area contributed by atoms with Gasteiger partial charge in [0.25, 0.3) is 11.6 Å². The highest BCUT2D eigenvalue weighted by Crippen LogP contribution is 2.30. The van der Waals surface area contributed by atoms with Gasteiger partial charge in [0, 0.05) is 0 Å². The van der Waals surface area contributed by atoms with Crippen molar-refractivity contribution >= 4 is 11.6 Å². The van der Waals surface area contributed by atoms with Crippen molar-refractivity contribution in [2.24, 2.45) is 0 Å². The smallest absolute Gasteiger partial charge is 0.285 e. The molecule has 0 spiro atoms. The lowest BCUT2D eigenvalue weighted by Gasteiger charge is -2.27. The molecule has 1 saturated carbocycles. The summed E-state index contributed by atoms with van der Waals surface area (Å²) in [4.78, 5) is 22.1. The maximum Gasteiger partial charge on any atom is 0.285 e. The van der Waals surface area contributed by atoms with E-state index in [1.54, 1.807) is 0 Å². The molecule has 0 heterocycles. The van der Waals surface area contributed by atoms with Crippen LogP contribution in [0, 0.1) is 21.7 Å². The molecule has 1 fully saturated rings. The van der Waals surface area contributed by atoms with Gasteiger partial charge in [0.15, 0.2) is 11.6 Å². The van der Waals surface area contributed by atoms with Crippen LogP contribution in [0.1, 0.15) is 36.0 Å². The van der Waals surface area contributed by atoms with Gasteiger partial charge in [-0.2, -0.15) is 0 Å². The maximum absolute atomic E-state index is 13.2. The van der Waals surface area contributed by atoms with Crippen LogP contribution in [0.5, 0.6) is 0 Å². The average Bonchev–Trinajstić information content (AvgIpc) is 2.90. The highest BCUT2D eigenvalue weighted by molar-refractivity contribution is 5.98. The quantitative estimate of drug-likeness (QED) is 0.656. The molecule has 1 aromatic rings. The van der Waals surface area contributed by atoms with E-state index in [-0.39, 0.29) is 6.61 Å². The van der Waals surface area contributed by atoms with E-state index >= 15 is 0 Å². The van der Waals surface area contributed by atoms with Crippen molar-refractivity contribution in [1.82, 2.24) is 5.32 Å². The van der Waals surface area contributed by atoms with Gasteiger partial charge in [-0.25, -0.2) is 8.78 Å². The normalized spacial score (nSPS) is 16.7. The van der Waals surface area contributed by atoms with Crippen LogP contribution in [0.25, 0.3) is 0 Å². The van der Waals surface area contributed by atoms with Gasteiger partial charge < -0.3 is 10.4 Å². The van der Waals surface area contributed by atoms with E-state index in [2.05, 4.69) is 5.32 Å². The van der Waals surface area contributed by atoms with Gasteiger partial charge in [-0.05, 0) is 18.9 Å². The zero-order valence-corrected chi connectivity index (χ0v) is 11.1. The highest BCUT2D eigenvalue weighted by Gasteiger charge is 2.36. The van der Waals surface area contributed by atoms with Crippen LogP contribution < -0.4 is 5.32 Å². The molecule has 0 radical (unpaired) electrons. The molecule has 1 aliphatic carbocycles. The van der Waals surface area contributed by atoms with Crippen LogP contribution in [0.4, 0.5) is 14.5 Å². The third-order valence-corrected chi connectivity index (χ3v) is 3.72. The molecule has 0 bridgehead atoms. The van der Waals surface area contributed by atoms with Gasteiger partial charge in [-0.1, -0.05) is 12.8 Å². The minimum absolute atomic E-state index is 0.309.